The van der Waals surface area contributed by atoms with Gasteiger partial charge in [0.15, 0.2) is 0 Å². The molecule has 2 rings (SSSR count). The lowest BCUT2D eigenvalue weighted by molar-refractivity contribution is -0.137. The number of halogens is 2. The lowest BCUT2D eigenvalue weighted by Crippen LogP contribution is -2.46. The molecule has 1 aliphatic rings. The van der Waals surface area contributed by atoms with Gasteiger partial charge in [-0.05, 0) is 17.7 Å². The van der Waals surface area contributed by atoms with E-state index in [0.29, 0.717) is 18.7 Å². The summed E-state index contributed by atoms with van der Waals surface area (Å²) in [5, 5.41) is 8.63. The molecule has 0 amide bonds. The Morgan fingerprint density at radius 2 is 1.60 bits per heavy atom. The van der Waals surface area contributed by atoms with Crippen LogP contribution in [0.4, 0.5) is 8.78 Å². The van der Waals surface area contributed by atoms with Crippen LogP contribution in [0.3, 0.4) is 0 Å². The summed E-state index contributed by atoms with van der Waals surface area (Å²) >= 11 is 0. The lowest BCUT2D eigenvalue weighted by atomic mass is 10.2. The highest BCUT2D eigenvalue weighted by Crippen LogP contribution is 2.12. The topological polar surface area (TPSA) is 43.8 Å². The van der Waals surface area contributed by atoms with Gasteiger partial charge in [0.1, 0.15) is 11.6 Å². The number of aliphatic carboxylic acids is 1. The molecule has 6 heteroatoms. The molecule has 20 heavy (non-hydrogen) atoms. The van der Waals surface area contributed by atoms with Crippen LogP contribution in [-0.2, 0) is 11.3 Å². The molecule has 1 aromatic rings. The normalized spacial score (nSPS) is 17.3. The van der Waals surface area contributed by atoms with Gasteiger partial charge in [-0.1, -0.05) is 0 Å². The van der Waals surface area contributed by atoms with Crippen molar-refractivity contribution >= 4 is 5.97 Å². The Bertz CT molecular complexity index is 454. The van der Waals surface area contributed by atoms with E-state index in [0.717, 1.165) is 32.2 Å². The van der Waals surface area contributed by atoms with Gasteiger partial charge in [-0.3, -0.25) is 9.69 Å². The highest BCUT2D eigenvalue weighted by atomic mass is 19.1. The van der Waals surface area contributed by atoms with E-state index in [1.54, 1.807) is 0 Å². The monoisotopic (exact) mass is 284 g/mol. The number of carboxylic acids is 1. The summed E-state index contributed by atoms with van der Waals surface area (Å²) in [6.45, 7) is 4.19. The van der Waals surface area contributed by atoms with Crippen LogP contribution in [0.15, 0.2) is 18.2 Å². The minimum Gasteiger partial charge on any atom is -0.481 e. The molecule has 1 N–H and O–H groups in total. The van der Waals surface area contributed by atoms with Gasteiger partial charge >= 0.3 is 5.97 Å². The number of hydrogen-bond donors (Lipinski definition) is 1. The largest absolute Gasteiger partial charge is 0.481 e. The zero-order valence-electron chi connectivity index (χ0n) is 11.2. The summed E-state index contributed by atoms with van der Waals surface area (Å²) in [7, 11) is 0. The second-order valence-electron chi connectivity index (χ2n) is 5.04. The molecule has 1 aromatic carbocycles. The molecular formula is C14H18F2N2O2. The maximum Gasteiger partial charge on any atom is 0.304 e. The first-order valence-electron chi connectivity index (χ1n) is 6.64. The lowest BCUT2D eigenvalue weighted by Gasteiger charge is -2.34. The van der Waals surface area contributed by atoms with Gasteiger partial charge in [-0.2, -0.15) is 0 Å². The number of carboxylic acid groups (broad SMARTS) is 1. The van der Waals surface area contributed by atoms with E-state index in [-0.39, 0.29) is 6.42 Å². The van der Waals surface area contributed by atoms with Crippen LogP contribution in [0, 0.1) is 11.6 Å². The van der Waals surface area contributed by atoms with E-state index < -0.39 is 17.6 Å². The quantitative estimate of drug-likeness (QED) is 0.891. The first-order valence-corrected chi connectivity index (χ1v) is 6.64. The molecule has 0 bridgehead atoms. The predicted octanol–water partition coefficient (Wildman–Crippen LogP) is 1.56. The van der Waals surface area contributed by atoms with Crippen LogP contribution in [0.5, 0.6) is 0 Å². The van der Waals surface area contributed by atoms with Gasteiger partial charge in [0, 0.05) is 45.3 Å². The second-order valence-corrected chi connectivity index (χ2v) is 5.04. The van der Waals surface area contributed by atoms with Crippen molar-refractivity contribution in [3.05, 3.63) is 35.4 Å². The van der Waals surface area contributed by atoms with Crippen molar-refractivity contribution in [3.8, 4) is 0 Å². The number of hydrogen-bond acceptors (Lipinski definition) is 3. The SMILES string of the molecule is O=C(O)CCN1CCN(Cc2cc(F)cc(F)c2)CC1. The zero-order chi connectivity index (χ0) is 14.5. The molecule has 1 aliphatic heterocycles. The summed E-state index contributed by atoms with van der Waals surface area (Å²) in [6, 6.07) is 3.56. The standard InChI is InChI=1S/C14H18F2N2O2/c15-12-7-11(8-13(16)9-12)10-18-5-3-17(4-6-18)2-1-14(19)20/h7-9H,1-6,10H2,(H,19,20). The van der Waals surface area contributed by atoms with Crippen molar-refractivity contribution in [3.63, 3.8) is 0 Å². The fourth-order valence-corrected chi connectivity index (χ4v) is 2.39. The van der Waals surface area contributed by atoms with Crippen LogP contribution in [-0.4, -0.2) is 53.6 Å². The van der Waals surface area contributed by atoms with E-state index in [2.05, 4.69) is 9.80 Å². The molecule has 1 saturated heterocycles. The molecule has 1 heterocycles. The molecule has 110 valence electrons. The van der Waals surface area contributed by atoms with E-state index >= 15 is 0 Å². The highest BCUT2D eigenvalue weighted by molar-refractivity contribution is 5.66. The van der Waals surface area contributed by atoms with Crippen molar-refractivity contribution in [1.82, 2.24) is 9.80 Å². The van der Waals surface area contributed by atoms with Crippen molar-refractivity contribution in [1.29, 1.82) is 0 Å². The van der Waals surface area contributed by atoms with Crippen LogP contribution in [0.1, 0.15) is 12.0 Å². The Kier molecular flexibility index (Phi) is 5.03. The van der Waals surface area contributed by atoms with Gasteiger partial charge in [-0.25, -0.2) is 8.78 Å². The maximum atomic E-state index is 13.1. The average Bonchev–Trinajstić information content (AvgIpc) is 2.36. The summed E-state index contributed by atoms with van der Waals surface area (Å²) in [5.74, 6) is -1.90. The molecule has 0 radical (unpaired) electrons. The Balaban J connectivity index is 1.80. The van der Waals surface area contributed by atoms with E-state index in [9.17, 15) is 13.6 Å². The molecule has 0 saturated carbocycles. The third-order valence-corrected chi connectivity index (χ3v) is 3.44. The smallest absolute Gasteiger partial charge is 0.304 e. The van der Waals surface area contributed by atoms with Crippen LogP contribution in [0.2, 0.25) is 0 Å². The molecule has 0 unspecified atom stereocenters. The van der Waals surface area contributed by atoms with Crippen molar-refractivity contribution < 1.29 is 18.7 Å². The van der Waals surface area contributed by atoms with Crippen LogP contribution >= 0.6 is 0 Å². The van der Waals surface area contributed by atoms with E-state index in [1.165, 1.54) is 12.1 Å². The van der Waals surface area contributed by atoms with Gasteiger partial charge in [-0.15, -0.1) is 0 Å². The summed E-state index contributed by atoms with van der Waals surface area (Å²) in [6.07, 6.45) is 0.148. The maximum absolute atomic E-state index is 13.1. The number of carbonyl (C=O) groups is 1. The molecule has 0 aromatic heterocycles. The number of benzene rings is 1. The van der Waals surface area contributed by atoms with Gasteiger partial charge in [0.2, 0.25) is 0 Å². The summed E-state index contributed by atoms with van der Waals surface area (Å²) in [4.78, 5) is 14.7. The van der Waals surface area contributed by atoms with Crippen LogP contribution in [0.25, 0.3) is 0 Å². The Morgan fingerprint density at radius 1 is 1.05 bits per heavy atom. The molecule has 4 nitrogen and oxygen atoms in total. The average molecular weight is 284 g/mol. The number of piperazine rings is 1. The molecule has 0 spiro atoms. The predicted molar refractivity (Wildman–Crippen MR) is 70.3 cm³/mol. The fraction of sp³-hybridized carbons (Fsp3) is 0.500. The van der Waals surface area contributed by atoms with Crippen molar-refractivity contribution in [2.75, 3.05) is 32.7 Å². The Morgan fingerprint density at radius 3 is 2.15 bits per heavy atom. The number of rotatable bonds is 5. The van der Waals surface area contributed by atoms with Gasteiger partial charge < -0.3 is 10.0 Å². The van der Waals surface area contributed by atoms with Gasteiger partial charge in [0.25, 0.3) is 0 Å². The Labute approximate surface area is 116 Å². The summed E-state index contributed by atoms with van der Waals surface area (Å²) in [5.41, 5.74) is 0.626. The first-order chi connectivity index (χ1) is 9.52. The minimum atomic E-state index is -0.789. The second kappa shape index (κ2) is 6.76. The van der Waals surface area contributed by atoms with Crippen molar-refractivity contribution in [2.24, 2.45) is 0 Å². The zero-order valence-corrected chi connectivity index (χ0v) is 11.2. The first kappa shape index (κ1) is 14.9. The van der Waals surface area contributed by atoms with E-state index in [4.69, 9.17) is 5.11 Å². The number of nitrogens with zero attached hydrogens (tertiary/aromatic N) is 2. The molecule has 0 atom stereocenters. The van der Waals surface area contributed by atoms with Crippen molar-refractivity contribution in [2.45, 2.75) is 13.0 Å². The Hall–Kier alpha value is -1.53. The van der Waals surface area contributed by atoms with Gasteiger partial charge in [0.05, 0.1) is 6.42 Å². The van der Waals surface area contributed by atoms with Crippen LogP contribution < -0.4 is 0 Å². The molecular weight excluding hydrogens is 266 g/mol. The highest BCUT2D eigenvalue weighted by Gasteiger charge is 2.17. The molecule has 1 fully saturated rings. The third kappa shape index (κ3) is 4.54. The summed E-state index contributed by atoms with van der Waals surface area (Å²) < 4.78 is 26.2. The third-order valence-electron chi connectivity index (χ3n) is 3.44. The minimum absolute atomic E-state index is 0.148. The fourth-order valence-electron chi connectivity index (χ4n) is 2.39. The van der Waals surface area contributed by atoms with E-state index in [1.807, 2.05) is 0 Å². The molecule has 0 aliphatic carbocycles.